The molecule has 0 spiro atoms. The predicted molar refractivity (Wildman–Crippen MR) is 78.5 cm³/mol. The summed E-state index contributed by atoms with van der Waals surface area (Å²) in [6.07, 6.45) is 0.873. The normalized spacial score (nSPS) is 10.4. The molecule has 1 aromatic rings. The predicted octanol–water partition coefficient (Wildman–Crippen LogP) is 4.07. The van der Waals surface area contributed by atoms with Crippen molar-refractivity contribution in [2.45, 2.75) is 47.0 Å². The lowest BCUT2D eigenvalue weighted by Gasteiger charge is -2.07. The quantitative estimate of drug-likeness (QED) is 0.842. The number of thiophene rings is 1. The Balaban J connectivity index is 0. The molecule has 18 heavy (non-hydrogen) atoms. The van der Waals surface area contributed by atoms with Crippen molar-refractivity contribution in [3.8, 4) is 0 Å². The molecule has 1 N–H and O–H groups in total. The molecule has 106 valence electrons. The molecule has 0 amide bonds. The molecule has 0 aliphatic carbocycles. The van der Waals surface area contributed by atoms with Gasteiger partial charge in [0.25, 0.3) is 0 Å². The summed E-state index contributed by atoms with van der Waals surface area (Å²) in [5.74, 6) is -0.174. The summed E-state index contributed by atoms with van der Waals surface area (Å²) in [5, 5.41) is 9.08. The van der Waals surface area contributed by atoms with E-state index in [9.17, 15) is 4.79 Å². The zero-order chi connectivity index (χ0) is 14.6. The van der Waals surface area contributed by atoms with Gasteiger partial charge in [0.2, 0.25) is 0 Å². The Morgan fingerprint density at radius 2 is 1.89 bits per heavy atom. The van der Waals surface area contributed by atoms with Gasteiger partial charge in [-0.05, 0) is 18.6 Å². The summed E-state index contributed by atoms with van der Waals surface area (Å²) in [5.41, 5.74) is 0. The highest BCUT2D eigenvalue weighted by molar-refractivity contribution is 7.14. The molecule has 0 saturated heterocycles. The van der Waals surface area contributed by atoms with Gasteiger partial charge in [-0.3, -0.25) is 0 Å². The second kappa shape index (κ2) is 12.6. The number of aliphatic hydroxyl groups is 1. The van der Waals surface area contributed by atoms with E-state index in [-0.39, 0.29) is 18.5 Å². The van der Waals surface area contributed by atoms with E-state index in [0.717, 1.165) is 11.3 Å². The van der Waals surface area contributed by atoms with E-state index < -0.39 is 0 Å². The van der Waals surface area contributed by atoms with Crippen LogP contribution in [0.15, 0.2) is 12.1 Å². The van der Waals surface area contributed by atoms with Gasteiger partial charge in [-0.15, -0.1) is 11.3 Å². The lowest BCUT2D eigenvalue weighted by molar-refractivity contribution is 0.0606. The first kappa shape index (κ1) is 19.5. The molecule has 0 bridgehead atoms. The number of methoxy groups -OCH3 is 1. The molecule has 4 heteroatoms. The fraction of sp³-hybridized carbons (Fsp3) is 0.643. The number of esters is 1. The zero-order valence-corrected chi connectivity index (χ0v) is 13.1. The first-order valence-corrected chi connectivity index (χ1v) is 7.33. The Morgan fingerprint density at radius 1 is 1.33 bits per heavy atom. The summed E-state index contributed by atoms with van der Waals surface area (Å²) in [6.45, 7) is 10.1. The van der Waals surface area contributed by atoms with Crippen molar-refractivity contribution in [3.63, 3.8) is 0 Å². The van der Waals surface area contributed by atoms with Crippen LogP contribution in [0, 0.1) is 0 Å². The molecule has 1 rings (SSSR count). The van der Waals surface area contributed by atoms with E-state index in [2.05, 4.69) is 4.74 Å². The van der Waals surface area contributed by atoms with Crippen LogP contribution in [0.25, 0.3) is 0 Å². The molecule has 0 aromatic carbocycles. The summed E-state index contributed by atoms with van der Waals surface area (Å²) in [7, 11) is 1.37. The molecule has 0 aliphatic heterocycles. The fourth-order valence-electron chi connectivity index (χ4n) is 1.20. The average Bonchev–Trinajstić information content (AvgIpc) is 2.93. The first-order chi connectivity index (χ1) is 8.72. The average molecular weight is 274 g/mol. The number of ether oxygens (including phenoxy) is 1. The Hall–Kier alpha value is -0.870. The van der Waals surface area contributed by atoms with Gasteiger partial charge in [-0.1, -0.05) is 34.6 Å². The molecule has 1 heterocycles. The van der Waals surface area contributed by atoms with Gasteiger partial charge >= 0.3 is 5.97 Å². The van der Waals surface area contributed by atoms with Gasteiger partial charge in [-0.25, -0.2) is 4.79 Å². The van der Waals surface area contributed by atoms with E-state index in [0.29, 0.717) is 4.88 Å². The van der Waals surface area contributed by atoms with Crippen LogP contribution in [0.2, 0.25) is 0 Å². The molecular formula is C14H26O3S. The van der Waals surface area contributed by atoms with Crippen LogP contribution in [0.1, 0.15) is 61.5 Å². The standard InChI is InChI=1S/C10H14O3S.2C2H6/c1-3-7(6-11)8-4-5-9(14-8)10(12)13-2;2*1-2/h4-5,7,11H,3,6H2,1-2H3;2*1-2H3. The van der Waals surface area contributed by atoms with Crippen LogP contribution in [0.4, 0.5) is 0 Å². The monoisotopic (exact) mass is 274 g/mol. The van der Waals surface area contributed by atoms with Crippen LogP contribution in [-0.4, -0.2) is 24.8 Å². The lowest BCUT2D eigenvalue weighted by Crippen LogP contribution is -2.00. The van der Waals surface area contributed by atoms with Crippen molar-refractivity contribution < 1.29 is 14.6 Å². The Kier molecular flexibility index (Phi) is 13.6. The minimum Gasteiger partial charge on any atom is -0.465 e. The van der Waals surface area contributed by atoms with Gasteiger partial charge in [0.05, 0.1) is 13.7 Å². The van der Waals surface area contributed by atoms with Gasteiger partial charge in [-0.2, -0.15) is 0 Å². The van der Waals surface area contributed by atoms with Gasteiger partial charge in [0, 0.05) is 10.8 Å². The summed E-state index contributed by atoms with van der Waals surface area (Å²) < 4.78 is 4.61. The van der Waals surface area contributed by atoms with Crippen molar-refractivity contribution in [2.75, 3.05) is 13.7 Å². The van der Waals surface area contributed by atoms with E-state index >= 15 is 0 Å². The molecule has 0 fully saturated rings. The first-order valence-electron chi connectivity index (χ1n) is 6.51. The molecule has 1 unspecified atom stereocenters. The van der Waals surface area contributed by atoms with Crippen molar-refractivity contribution in [3.05, 3.63) is 21.9 Å². The van der Waals surface area contributed by atoms with Crippen LogP contribution in [0.5, 0.6) is 0 Å². The van der Waals surface area contributed by atoms with Gasteiger partial charge in [0.15, 0.2) is 0 Å². The third kappa shape index (κ3) is 6.17. The molecule has 3 nitrogen and oxygen atoms in total. The maximum absolute atomic E-state index is 11.2. The summed E-state index contributed by atoms with van der Waals surface area (Å²) in [6, 6.07) is 3.62. The van der Waals surface area contributed by atoms with Crippen molar-refractivity contribution >= 4 is 17.3 Å². The molecule has 1 aromatic heterocycles. The largest absolute Gasteiger partial charge is 0.465 e. The highest BCUT2D eigenvalue weighted by atomic mass is 32.1. The number of aliphatic hydroxyl groups excluding tert-OH is 1. The van der Waals surface area contributed by atoms with Crippen molar-refractivity contribution in [1.29, 1.82) is 0 Å². The van der Waals surface area contributed by atoms with Crippen LogP contribution in [0.3, 0.4) is 0 Å². The number of hydrogen-bond donors (Lipinski definition) is 1. The maximum Gasteiger partial charge on any atom is 0.348 e. The molecule has 1 atom stereocenters. The maximum atomic E-state index is 11.2. The second-order valence-electron chi connectivity index (χ2n) is 2.98. The highest BCUT2D eigenvalue weighted by Gasteiger charge is 2.14. The Morgan fingerprint density at radius 3 is 2.28 bits per heavy atom. The number of carbonyl (C=O) groups excluding carboxylic acids is 1. The molecule has 0 saturated carbocycles. The van der Waals surface area contributed by atoms with Crippen molar-refractivity contribution in [2.24, 2.45) is 0 Å². The topological polar surface area (TPSA) is 46.5 Å². The third-order valence-electron chi connectivity index (χ3n) is 2.13. The molecule has 0 radical (unpaired) electrons. The smallest absolute Gasteiger partial charge is 0.348 e. The molecule has 0 aliphatic rings. The third-order valence-corrected chi connectivity index (χ3v) is 3.36. The second-order valence-corrected chi connectivity index (χ2v) is 4.10. The van der Waals surface area contributed by atoms with Crippen LogP contribution < -0.4 is 0 Å². The van der Waals surface area contributed by atoms with E-state index in [1.807, 2.05) is 40.7 Å². The van der Waals surface area contributed by atoms with Crippen LogP contribution >= 0.6 is 11.3 Å². The van der Waals surface area contributed by atoms with Crippen molar-refractivity contribution in [1.82, 2.24) is 0 Å². The minimum atomic E-state index is -0.311. The van der Waals surface area contributed by atoms with Gasteiger partial charge in [0.1, 0.15) is 4.88 Å². The Bertz CT molecular complexity index is 304. The molecular weight excluding hydrogens is 248 g/mol. The SMILES string of the molecule is CC.CC.CCC(CO)c1ccc(C(=O)OC)s1. The summed E-state index contributed by atoms with van der Waals surface area (Å²) >= 11 is 1.39. The summed E-state index contributed by atoms with van der Waals surface area (Å²) in [4.78, 5) is 12.8. The van der Waals surface area contributed by atoms with Gasteiger partial charge < -0.3 is 9.84 Å². The zero-order valence-electron chi connectivity index (χ0n) is 12.3. The highest BCUT2D eigenvalue weighted by Crippen LogP contribution is 2.27. The fourth-order valence-corrected chi connectivity index (χ4v) is 2.30. The lowest BCUT2D eigenvalue weighted by atomic mass is 10.1. The van der Waals surface area contributed by atoms with E-state index in [1.54, 1.807) is 6.07 Å². The number of rotatable bonds is 4. The Labute approximate surface area is 115 Å². The van der Waals surface area contributed by atoms with Crippen LogP contribution in [-0.2, 0) is 4.74 Å². The van der Waals surface area contributed by atoms with E-state index in [4.69, 9.17) is 5.11 Å². The van der Waals surface area contributed by atoms with E-state index in [1.165, 1.54) is 18.4 Å². The minimum absolute atomic E-state index is 0.123. The number of hydrogen-bond acceptors (Lipinski definition) is 4. The number of carbonyl (C=O) groups is 1.